The van der Waals surface area contributed by atoms with Gasteiger partial charge in [0.25, 0.3) is 5.56 Å². The molecular weight excluding hydrogens is 364 g/mol. The standard InChI is InChI=1S/C19H22N4O3S/c1-12-9-18(24)23-19(20-12)27-17(21-23)11-22-8-4-5-15(22)14-7-6-13(25-2)10-16(14)26-3/h6-7,9-10,15H,4-5,8,11H2,1-3H3. The van der Waals surface area contributed by atoms with Crippen molar-refractivity contribution in [2.45, 2.75) is 32.4 Å². The highest BCUT2D eigenvalue weighted by molar-refractivity contribution is 7.16. The first-order chi connectivity index (χ1) is 13.1. The predicted octanol–water partition coefficient (Wildman–Crippen LogP) is 2.81. The second-order valence-electron chi connectivity index (χ2n) is 6.66. The fourth-order valence-corrected chi connectivity index (χ4v) is 4.63. The van der Waals surface area contributed by atoms with E-state index in [4.69, 9.17) is 9.47 Å². The molecule has 0 radical (unpaired) electrons. The van der Waals surface area contributed by atoms with Gasteiger partial charge in [0.2, 0.25) is 4.96 Å². The second kappa shape index (κ2) is 7.28. The molecule has 0 bridgehead atoms. The lowest BCUT2D eigenvalue weighted by Crippen LogP contribution is -2.23. The molecule has 3 aromatic rings. The van der Waals surface area contributed by atoms with Crippen molar-refractivity contribution in [3.05, 3.63) is 50.9 Å². The fraction of sp³-hybridized carbons (Fsp3) is 0.421. The summed E-state index contributed by atoms with van der Waals surface area (Å²) in [4.78, 5) is 19.6. The highest BCUT2D eigenvalue weighted by Gasteiger charge is 2.29. The van der Waals surface area contributed by atoms with Crippen molar-refractivity contribution in [1.82, 2.24) is 19.5 Å². The highest BCUT2D eigenvalue weighted by Crippen LogP contribution is 2.39. The van der Waals surface area contributed by atoms with Crippen LogP contribution >= 0.6 is 11.3 Å². The summed E-state index contributed by atoms with van der Waals surface area (Å²) in [6.45, 7) is 3.50. The molecule has 0 N–H and O–H groups in total. The van der Waals surface area contributed by atoms with Crippen molar-refractivity contribution in [3.63, 3.8) is 0 Å². The Labute approximate surface area is 161 Å². The molecule has 1 aliphatic rings. The van der Waals surface area contributed by atoms with Crippen LogP contribution in [0.1, 0.15) is 35.1 Å². The Balaban J connectivity index is 1.63. The van der Waals surface area contributed by atoms with Crippen LogP contribution < -0.4 is 15.0 Å². The first-order valence-electron chi connectivity index (χ1n) is 8.91. The topological polar surface area (TPSA) is 69.0 Å². The normalized spacial score (nSPS) is 17.5. The second-order valence-corrected chi connectivity index (χ2v) is 7.70. The van der Waals surface area contributed by atoms with Crippen molar-refractivity contribution in [1.29, 1.82) is 0 Å². The number of methoxy groups -OCH3 is 2. The molecule has 142 valence electrons. The number of hydrogen-bond donors (Lipinski definition) is 0. The Bertz CT molecular complexity index is 1030. The first kappa shape index (κ1) is 17.9. The Hall–Kier alpha value is -2.45. The summed E-state index contributed by atoms with van der Waals surface area (Å²) < 4.78 is 12.3. The largest absolute Gasteiger partial charge is 0.497 e. The van der Waals surface area contributed by atoms with E-state index >= 15 is 0 Å². The van der Waals surface area contributed by atoms with Crippen LogP contribution in [-0.4, -0.2) is 40.3 Å². The van der Waals surface area contributed by atoms with Crippen molar-refractivity contribution in [3.8, 4) is 11.5 Å². The molecule has 0 amide bonds. The van der Waals surface area contributed by atoms with E-state index in [1.54, 1.807) is 14.2 Å². The van der Waals surface area contributed by atoms with Crippen LogP contribution in [0, 0.1) is 6.92 Å². The molecule has 0 aliphatic carbocycles. The lowest BCUT2D eigenvalue weighted by Gasteiger charge is -2.25. The summed E-state index contributed by atoms with van der Waals surface area (Å²) in [5, 5.41) is 5.38. The molecule has 7 nitrogen and oxygen atoms in total. The minimum absolute atomic E-state index is 0.130. The molecule has 4 rings (SSSR count). The molecule has 2 aromatic heterocycles. The SMILES string of the molecule is COc1ccc(C2CCCN2Cc2nn3c(=O)cc(C)nc3s2)c(OC)c1. The summed E-state index contributed by atoms with van der Waals surface area (Å²) in [5.41, 5.74) is 1.75. The Morgan fingerprint density at radius 2 is 2.11 bits per heavy atom. The minimum Gasteiger partial charge on any atom is -0.497 e. The van der Waals surface area contributed by atoms with Gasteiger partial charge in [0, 0.05) is 29.4 Å². The van der Waals surface area contributed by atoms with Crippen LogP contribution in [0.15, 0.2) is 29.1 Å². The monoisotopic (exact) mass is 386 g/mol. The van der Waals surface area contributed by atoms with Crippen LogP contribution in [0.4, 0.5) is 0 Å². The van der Waals surface area contributed by atoms with Crippen molar-refractivity contribution >= 4 is 16.3 Å². The molecule has 27 heavy (non-hydrogen) atoms. The average molecular weight is 386 g/mol. The van der Waals surface area contributed by atoms with E-state index in [-0.39, 0.29) is 11.6 Å². The summed E-state index contributed by atoms with van der Waals surface area (Å²) >= 11 is 1.47. The van der Waals surface area contributed by atoms with Gasteiger partial charge in [-0.25, -0.2) is 4.98 Å². The number of likely N-dealkylation sites (tertiary alicyclic amines) is 1. The number of rotatable bonds is 5. The van der Waals surface area contributed by atoms with Gasteiger partial charge in [-0.05, 0) is 32.4 Å². The van der Waals surface area contributed by atoms with Gasteiger partial charge >= 0.3 is 0 Å². The highest BCUT2D eigenvalue weighted by atomic mass is 32.1. The molecule has 8 heteroatoms. The number of aromatic nitrogens is 3. The number of benzene rings is 1. The van der Waals surface area contributed by atoms with Gasteiger partial charge < -0.3 is 9.47 Å². The minimum atomic E-state index is -0.130. The van der Waals surface area contributed by atoms with Gasteiger partial charge in [0.05, 0.1) is 20.8 Å². The van der Waals surface area contributed by atoms with Crippen molar-refractivity contribution < 1.29 is 9.47 Å². The van der Waals surface area contributed by atoms with Gasteiger partial charge in [-0.3, -0.25) is 9.69 Å². The third-order valence-electron chi connectivity index (χ3n) is 4.92. The molecule has 1 atom stereocenters. The van der Waals surface area contributed by atoms with Crippen molar-refractivity contribution in [2.75, 3.05) is 20.8 Å². The molecular formula is C19H22N4O3S. The van der Waals surface area contributed by atoms with E-state index in [2.05, 4.69) is 21.0 Å². The van der Waals surface area contributed by atoms with E-state index in [0.717, 1.165) is 47.2 Å². The fourth-order valence-electron chi connectivity index (χ4n) is 3.66. The molecule has 1 aliphatic heterocycles. The van der Waals surface area contributed by atoms with Gasteiger partial charge in [0.15, 0.2) is 0 Å². The van der Waals surface area contributed by atoms with E-state index in [1.165, 1.54) is 21.9 Å². The van der Waals surface area contributed by atoms with Gasteiger partial charge in [-0.1, -0.05) is 17.4 Å². The maximum Gasteiger partial charge on any atom is 0.275 e. The molecule has 1 saturated heterocycles. The quantitative estimate of drug-likeness (QED) is 0.672. The van der Waals surface area contributed by atoms with Crippen LogP contribution in [-0.2, 0) is 6.54 Å². The zero-order chi connectivity index (χ0) is 19.0. The third-order valence-corrected chi connectivity index (χ3v) is 5.81. The number of hydrogen-bond acceptors (Lipinski definition) is 7. The first-order valence-corrected chi connectivity index (χ1v) is 9.73. The smallest absolute Gasteiger partial charge is 0.275 e. The van der Waals surface area contributed by atoms with E-state index in [0.29, 0.717) is 11.5 Å². The molecule has 1 fully saturated rings. The average Bonchev–Trinajstić information content (AvgIpc) is 3.28. The number of nitrogens with zero attached hydrogens (tertiary/aromatic N) is 4. The lowest BCUT2D eigenvalue weighted by atomic mass is 10.0. The molecule has 1 aromatic carbocycles. The Morgan fingerprint density at radius 1 is 1.26 bits per heavy atom. The maximum atomic E-state index is 12.1. The zero-order valence-corrected chi connectivity index (χ0v) is 16.5. The van der Waals surface area contributed by atoms with Crippen LogP contribution in [0.5, 0.6) is 11.5 Å². The zero-order valence-electron chi connectivity index (χ0n) is 15.6. The molecule has 0 saturated carbocycles. The van der Waals surface area contributed by atoms with Crippen LogP contribution in [0.3, 0.4) is 0 Å². The Kier molecular flexibility index (Phi) is 4.84. The predicted molar refractivity (Wildman–Crippen MR) is 104 cm³/mol. The third kappa shape index (κ3) is 3.42. The summed E-state index contributed by atoms with van der Waals surface area (Å²) in [6.07, 6.45) is 2.17. The summed E-state index contributed by atoms with van der Waals surface area (Å²) in [6, 6.07) is 7.74. The molecule has 1 unspecified atom stereocenters. The van der Waals surface area contributed by atoms with Crippen LogP contribution in [0.2, 0.25) is 0 Å². The van der Waals surface area contributed by atoms with E-state index in [9.17, 15) is 4.79 Å². The van der Waals surface area contributed by atoms with E-state index < -0.39 is 0 Å². The van der Waals surface area contributed by atoms with Crippen LogP contribution in [0.25, 0.3) is 4.96 Å². The number of ether oxygens (including phenoxy) is 2. The summed E-state index contributed by atoms with van der Waals surface area (Å²) in [7, 11) is 3.34. The maximum absolute atomic E-state index is 12.1. The van der Waals surface area contributed by atoms with Gasteiger partial charge in [0.1, 0.15) is 16.5 Å². The number of aryl methyl sites for hydroxylation is 1. The van der Waals surface area contributed by atoms with E-state index in [1.807, 2.05) is 19.1 Å². The lowest BCUT2D eigenvalue weighted by molar-refractivity contribution is 0.241. The van der Waals surface area contributed by atoms with Crippen molar-refractivity contribution in [2.24, 2.45) is 0 Å². The molecule has 0 spiro atoms. The van der Waals surface area contributed by atoms with Gasteiger partial charge in [-0.2, -0.15) is 9.61 Å². The molecule has 3 heterocycles. The van der Waals surface area contributed by atoms with Gasteiger partial charge in [-0.15, -0.1) is 0 Å². The Morgan fingerprint density at radius 3 is 2.89 bits per heavy atom. The summed E-state index contributed by atoms with van der Waals surface area (Å²) in [5.74, 6) is 1.62. The number of fused-ring (bicyclic) bond motifs is 1.